The van der Waals surface area contributed by atoms with Crippen molar-refractivity contribution in [3.63, 3.8) is 0 Å². The molecule has 1 aliphatic heterocycles. The van der Waals surface area contributed by atoms with E-state index in [1.807, 2.05) is 0 Å². The van der Waals surface area contributed by atoms with Gasteiger partial charge in [-0.2, -0.15) is 0 Å². The van der Waals surface area contributed by atoms with Crippen LogP contribution in [0, 0.1) is 5.82 Å². The van der Waals surface area contributed by atoms with E-state index in [0.29, 0.717) is 32.0 Å². The lowest BCUT2D eigenvalue weighted by molar-refractivity contribution is 0.208. The lowest BCUT2D eigenvalue weighted by Gasteiger charge is -2.36. The summed E-state index contributed by atoms with van der Waals surface area (Å²) in [7, 11) is 0. The monoisotopic (exact) mass is 316 g/mol. The molecule has 120 valence electrons. The first kappa shape index (κ1) is 15.1. The van der Waals surface area contributed by atoms with Crippen molar-refractivity contribution in [1.29, 1.82) is 0 Å². The predicted molar refractivity (Wildman–Crippen MR) is 85.1 cm³/mol. The van der Waals surface area contributed by atoms with E-state index in [-0.39, 0.29) is 17.6 Å². The molecule has 6 nitrogen and oxygen atoms in total. The Labute approximate surface area is 133 Å². The van der Waals surface area contributed by atoms with Crippen LogP contribution in [0.5, 0.6) is 5.75 Å². The number of benzene rings is 1. The second-order valence-electron chi connectivity index (χ2n) is 5.28. The lowest BCUT2D eigenvalue weighted by Crippen LogP contribution is -2.50. The first-order chi connectivity index (χ1) is 11.1. The number of carbonyl (C=O) groups excluding carboxylic acids is 1. The molecular formula is C16H17FN4O2. The number of aromatic nitrogens is 1. The maximum absolute atomic E-state index is 13.0. The first-order valence-electron chi connectivity index (χ1n) is 7.33. The maximum Gasteiger partial charge on any atom is 0.323 e. The van der Waals surface area contributed by atoms with Crippen LogP contribution < -0.4 is 10.2 Å². The highest BCUT2D eigenvalue weighted by Crippen LogP contribution is 2.17. The molecule has 1 aromatic heterocycles. The Balaban J connectivity index is 1.54. The highest BCUT2D eigenvalue weighted by atomic mass is 19.1. The van der Waals surface area contributed by atoms with E-state index >= 15 is 0 Å². The van der Waals surface area contributed by atoms with Crippen molar-refractivity contribution >= 4 is 17.5 Å². The average Bonchev–Trinajstić information content (AvgIpc) is 2.58. The highest BCUT2D eigenvalue weighted by Gasteiger charge is 2.21. The van der Waals surface area contributed by atoms with Gasteiger partial charge in [-0.3, -0.25) is 5.32 Å². The molecule has 0 atom stereocenters. The minimum absolute atomic E-state index is 0.0518. The Morgan fingerprint density at radius 2 is 1.78 bits per heavy atom. The molecule has 0 bridgehead atoms. The van der Waals surface area contributed by atoms with Crippen LogP contribution in [0.25, 0.3) is 0 Å². The summed E-state index contributed by atoms with van der Waals surface area (Å²) in [5.74, 6) is 0.192. The third-order valence-electron chi connectivity index (χ3n) is 3.74. The maximum atomic E-state index is 13.0. The van der Waals surface area contributed by atoms with Crippen molar-refractivity contribution in [2.45, 2.75) is 0 Å². The molecule has 23 heavy (non-hydrogen) atoms. The number of urea groups is 1. The van der Waals surface area contributed by atoms with E-state index < -0.39 is 0 Å². The number of pyridine rings is 1. The largest absolute Gasteiger partial charge is 0.506 e. The number of rotatable bonds is 2. The van der Waals surface area contributed by atoms with Crippen LogP contribution in [0.3, 0.4) is 0 Å². The van der Waals surface area contributed by atoms with Crippen LogP contribution in [0.1, 0.15) is 0 Å². The minimum atomic E-state index is -0.256. The molecule has 2 N–H and O–H groups in total. The third kappa shape index (κ3) is 3.68. The van der Waals surface area contributed by atoms with Crippen LogP contribution >= 0.6 is 0 Å². The van der Waals surface area contributed by atoms with Crippen molar-refractivity contribution in [2.24, 2.45) is 0 Å². The smallest absolute Gasteiger partial charge is 0.323 e. The molecule has 0 unspecified atom stereocenters. The Kier molecular flexibility index (Phi) is 4.27. The fourth-order valence-corrected chi connectivity index (χ4v) is 2.47. The van der Waals surface area contributed by atoms with Gasteiger partial charge in [-0.05, 0) is 36.4 Å². The molecule has 1 saturated heterocycles. The zero-order valence-corrected chi connectivity index (χ0v) is 12.4. The fraction of sp³-hybridized carbons (Fsp3) is 0.250. The highest BCUT2D eigenvalue weighted by molar-refractivity contribution is 5.88. The fourth-order valence-electron chi connectivity index (χ4n) is 2.47. The Bertz CT molecular complexity index is 667. The molecule has 0 radical (unpaired) electrons. The Hall–Kier alpha value is -2.83. The van der Waals surface area contributed by atoms with E-state index in [2.05, 4.69) is 15.2 Å². The molecule has 2 amide bonds. The van der Waals surface area contributed by atoms with E-state index in [1.54, 1.807) is 23.1 Å². The lowest BCUT2D eigenvalue weighted by atomic mass is 10.2. The number of halogens is 1. The van der Waals surface area contributed by atoms with Crippen LogP contribution in [0.4, 0.5) is 20.7 Å². The van der Waals surface area contributed by atoms with Gasteiger partial charge in [-0.25, -0.2) is 14.2 Å². The van der Waals surface area contributed by atoms with Gasteiger partial charge in [0, 0.05) is 31.9 Å². The first-order valence-corrected chi connectivity index (χ1v) is 7.33. The zero-order chi connectivity index (χ0) is 16.2. The minimum Gasteiger partial charge on any atom is -0.506 e. The second kappa shape index (κ2) is 6.51. The molecule has 0 spiro atoms. The van der Waals surface area contributed by atoms with Crippen LogP contribution in [-0.4, -0.2) is 47.2 Å². The number of aromatic hydroxyl groups is 1. The van der Waals surface area contributed by atoms with Crippen LogP contribution in [0.15, 0.2) is 42.6 Å². The Morgan fingerprint density at radius 3 is 2.39 bits per heavy atom. The molecule has 1 fully saturated rings. The summed E-state index contributed by atoms with van der Waals surface area (Å²) in [6.45, 7) is 2.51. The van der Waals surface area contributed by atoms with E-state index in [9.17, 15) is 14.3 Å². The summed E-state index contributed by atoms with van der Waals surface area (Å²) in [5, 5.41) is 11.9. The van der Waals surface area contributed by atoms with Crippen LogP contribution in [-0.2, 0) is 0 Å². The number of piperazine rings is 1. The molecule has 0 saturated carbocycles. The molecule has 1 aliphatic rings. The number of nitrogens with one attached hydrogen (secondary N) is 1. The van der Waals surface area contributed by atoms with Crippen molar-refractivity contribution in [1.82, 2.24) is 9.88 Å². The number of hydrogen-bond acceptors (Lipinski definition) is 4. The number of amides is 2. The summed E-state index contributed by atoms with van der Waals surface area (Å²) < 4.78 is 13.0. The number of nitrogens with zero attached hydrogens (tertiary/aromatic N) is 3. The van der Waals surface area contributed by atoms with Gasteiger partial charge in [-0.15, -0.1) is 0 Å². The standard InChI is InChI=1S/C16H17FN4O2/c17-12-1-3-13(4-2-12)20-7-9-21(10-8-20)16(23)19-15-6-5-14(22)11-18-15/h1-6,11,22H,7-10H2,(H,18,19,23). The number of hydrogen-bond donors (Lipinski definition) is 2. The zero-order valence-electron chi connectivity index (χ0n) is 12.4. The molecular weight excluding hydrogens is 299 g/mol. The number of anilines is 2. The van der Waals surface area contributed by atoms with Crippen LogP contribution in [0.2, 0.25) is 0 Å². The Morgan fingerprint density at radius 1 is 1.09 bits per heavy atom. The van der Waals surface area contributed by atoms with Gasteiger partial charge in [0.05, 0.1) is 6.20 Å². The molecule has 3 rings (SSSR count). The van der Waals surface area contributed by atoms with Crippen molar-refractivity contribution in [2.75, 3.05) is 36.4 Å². The SMILES string of the molecule is O=C(Nc1ccc(O)cn1)N1CCN(c2ccc(F)cc2)CC1. The van der Waals surface area contributed by atoms with Gasteiger partial charge < -0.3 is 14.9 Å². The summed E-state index contributed by atoms with van der Waals surface area (Å²) in [6.07, 6.45) is 1.28. The van der Waals surface area contributed by atoms with E-state index in [0.717, 1.165) is 5.69 Å². The second-order valence-corrected chi connectivity index (χ2v) is 5.28. The predicted octanol–water partition coefficient (Wildman–Crippen LogP) is 2.28. The molecule has 0 aliphatic carbocycles. The summed E-state index contributed by atoms with van der Waals surface area (Å²) >= 11 is 0. The summed E-state index contributed by atoms with van der Waals surface area (Å²) in [6, 6.07) is 9.14. The molecule has 7 heteroatoms. The van der Waals surface area contributed by atoms with Gasteiger partial charge in [0.2, 0.25) is 0 Å². The van der Waals surface area contributed by atoms with Gasteiger partial charge in [0.25, 0.3) is 0 Å². The third-order valence-corrected chi connectivity index (χ3v) is 3.74. The molecule has 2 heterocycles. The van der Waals surface area contributed by atoms with E-state index in [4.69, 9.17) is 0 Å². The normalized spacial score (nSPS) is 14.7. The van der Waals surface area contributed by atoms with Crippen molar-refractivity contribution in [3.05, 3.63) is 48.4 Å². The summed E-state index contributed by atoms with van der Waals surface area (Å²) in [4.78, 5) is 19.9. The van der Waals surface area contributed by atoms with Gasteiger partial charge in [0.1, 0.15) is 17.4 Å². The topological polar surface area (TPSA) is 68.7 Å². The van der Waals surface area contributed by atoms with Crippen molar-refractivity contribution < 1.29 is 14.3 Å². The van der Waals surface area contributed by atoms with Gasteiger partial charge >= 0.3 is 6.03 Å². The van der Waals surface area contributed by atoms with Crippen molar-refractivity contribution in [3.8, 4) is 5.75 Å². The van der Waals surface area contributed by atoms with Gasteiger partial charge in [0.15, 0.2) is 0 Å². The van der Waals surface area contributed by atoms with E-state index in [1.165, 1.54) is 24.4 Å². The summed E-state index contributed by atoms with van der Waals surface area (Å²) in [5.41, 5.74) is 0.951. The molecule has 1 aromatic carbocycles. The number of carbonyl (C=O) groups is 1. The van der Waals surface area contributed by atoms with Gasteiger partial charge in [-0.1, -0.05) is 0 Å². The molecule has 2 aromatic rings. The quantitative estimate of drug-likeness (QED) is 0.892. The average molecular weight is 316 g/mol.